The van der Waals surface area contributed by atoms with Gasteiger partial charge in [-0.3, -0.25) is 5.32 Å². The Morgan fingerprint density at radius 3 is 2.86 bits per heavy atom. The minimum Gasteiger partial charge on any atom is -0.390 e. The zero-order valence-corrected chi connectivity index (χ0v) is 12.7. The molecule has 0 aliphatic heterocycles. The number of nitrogens with one attached hydrogen (secondary N) is 2. The van der Waals surface area contributed by atoms with Gasteiger partial charge in [0.05, 0.1) is 22.8 Å². The zero-order valence-electron chi connectivity index (χ0n) is 11.9. The van der Waals surface area contributed by atoms with Crippen molar-refractivity contribution in [3.8, 4) is 0 Å². The van der Waals surface area contributed by atoms with Gasteiger partial charge in [0.1, 0.15) is 5.00 Å². The van der Waals surface area contributed by atoms with Gasteiger partial charge >= 0.3 is 6.03 Å². The highest BCUT2D eigenvalue weighted by molar-refractivity contribution is 7.16. The number of anilines is 1. The molecule has 1 aromatic heterocycles. The third kappa shape index (κ3) is 2.77. The lowest BCUT2D eigenvalue weighted by Gasteiger charge is -2.18. The van der Waals surface area contributed by atoms with Gasteiger partial charge in [-0.25, -0.2) is 9.78 Å². The number of aliphatic hydroxyl groups is 1. The fourth-order valence-electron chi connectivity index (χ4n) is 2.68. The van der Waals surface area contributed by atoms with Crippen LogP contribution in [0.2, 0.25) is 0 Å². The molecule has 1 aromatic carbocycles. The summed E-state index contributed by atoms with van der Waals surface area (Å²) in [5.74, 6) is 0. The van der Waals surface area contributed by atoms with Gasteiger partial charge in [0.2, 0.25) is 0 Å². The summed E-state index contributed by atoms with van der Waals surface area (Å²) in [5, 5.41) is 17.4. The van der Waals surface area contributed by atoms with Crippen molar-refractivity contribution in [1.29, 1.82) is 0 Å². The number of fused-ring (bicyclic) bond motifs is 1. The van der Waals surface area contributed by atoms with Crippen molar-refractivity contribution >= 4 is 22.4 Å². The van der Waals surface area contributed by atoms with E-state index < -0.39 is 6.10 Å². The minimum atomic E-state index is -0.586. The van der Waals surface area contributed by atoms with Crippen LogP contribution in [0.4, 0.5) is 9.80 Å². The second-order valence-electron chi connectivity index (χ2n) is 5.19. The van der Waals surface area contributed by atoms with E-state index in [2.05, 4.69) is 15.6 Å². The van der Waals surface area contributed by atoms with Crippen LogP contribution in [-0.2, 0) is 6.42 Å². The smallest absolute Gasteiger partial charge is 0.320 e. The van der Waals surface area contributed by atoms with Gasteiger partial charge in [-0.15, -0.1) is 11.3 Å². The number of aliphatic hydroxyl groups excluding tert-OH is 1. The Morgan fingerprint density at radius 2 is 2.14 bits per heavy atom. The highest BCUT2D eigenvalue weighted by Gasteiger charge is 2.31. The summed E-state index contributed by atoms with van der Waals surface area (Å²) in [6.45, 7) is 3.76. The number of aryl methyl sites for hydroxylation is 2. The van der Waals surface area contributed by atoms with Crippen molar-refractivity contribution in [2.75, 3.05) is 5.32 Å². The first-order valence-electron chi connectivity index (χ1n) is 6.82. The average molecular weight is 303 g/mol. The predicted octanol–water partition coefficient (Wildman–Crippen LogP) is 2.54. The van der Waals surface area contributed by atoms with Crippen LogP contribution in [0.25, 0.3) is 0 Å². The van der Waals surface area contributed by atoms with Crippen molar-refractivity contribution < 1.29 is 9.90 Å². The number of thiazole rings is 1. The summed E-state index contributed by atoms with van der Waals surface area (Å²) in [6, 6.07) is 7.10. The molecule has 1 aliphatic rings. The lowest BCUT2D eigenvalue weighted by Crippen LogP contribution is -2.36. The van der Waals surface area contributed by atoms with Gasteiger partial charge in [0, 0.05) is 6.42 Å². The van der Waals surface area contributed by atoms with E-state index in [-0.39, 0.29) is 12.1 Å². The lowest BCUT2D eigenvalue weighted by atomic mass is 10.1. The highest BCUT2D eigenvalue weighted by Crippen LogP contribution is 2.31. The van der Waals surface area contributed by atoms with Crippen LogP contribution < -0.4 is 10.6 Å². The maximum Gasteiger partial charge on any atom is 0.320 e. The fourth-order valence-corrected chi connectivity index (χ4v) is 3.49. The van der Waals surface area contributed by atoms with E-state index >= 15 is 0 Å². The van der Waals surface area contributed by atoms with Gasteiger partial charge in [0.15, 0.2) is 0 Å². The van der Waals surface area contributed by atoms with Gasteiger partial charge in [-0.05, 0) is 25.0 Å². The zero-order chi connectivity index (χ0) is 15.0. The van der Waals surface area contributed by atoms with Crippen LogP contribution in [-0.4, -0.2) is 22.2 Å². The second-order valence-corrected chi connectivity index (χ2v) is 6.40. The lowest BCUT2D eigenvalue weighted by molar-refractivity contribution is 0.144. The van der Waals surface area contributed by atoms with E-state index in [1.807, 2.05) is 38.1 Å². The number of rotatable bonds is 2. The van der Waals surface area contributed by atoms with Crippen LogP contribution in [0.5, 0.6) is 0 Å². The number of hydrogen-bond acceptors (Lipinski definition) is 4. The van der Waals surface area contributed by atoms with E-state index in [9.17, 15) is 9.90 Å². The first kappa shape index (κ1) is 14.0. The van der Waals surface area contributed by atoms with Crippen molar-refractivity contribution in [2.24, 2.45) is 0 Å². The Morgan fingerprint density at radius 1 is 1.38 bits per heavy atom. The summed E-state index contributed by atoms with van der Waals surface area (Å²) in [5.41, 5.74) is 2.87. The Hall–Kier alpha value is -1.92. The van der Waals surface area contributed by atoms with Crippen LogP contribution in [0.3, 0.4) is 0 Å². The summed E-state index contributed by atoms with van der Waals surface area (Å²) in [7, 11) is 0. The Balaban J connectivity index is 1.72. The number of urea groups is 1. The van der Waals surface area contributed by atoms with E-state index in [1.165, 1.54) is 11.3 Å². The molecular weight excluding hydrogens is 286 g/mol. The fraction of sp³-hybridized carbons (Fsp3) is 0.333. The van der Waals surface area contributed by atoms with Crippen LogP contribution in [0, 0.1) is 13.8 Å². The molecule has 3 N–H and O–H groups in total. The standard InChI is InChI=1S/C15H17N3O2S/c1-8-14(21-9(2)16-8)18-15(20)17-13-11-6-4-3-5-10(11)7-12(13)19/h3-6,12-13,19H,7H2,1-2H3,(H2,17,18,20). The number of benzene rings is 1. The molecule has 5 nitrogen and oxygen atoms in total. The van der Waals surface area contributed by atoms with Crippen LogP contribution in [0.1, 0.15) is 27.9 Å². The van der Waals surface area contributed by atoms with Crippen LogP contribution >= 0.6 is 11.3 Å². The van der Waals surface area contributed by atoms with Gasteiger partial charge in [-0.2, -0.15) is 0 Å². The molecule has 0 radical (unpaired) electrons. The molecule has 0 saturated carbocycles. The number of carbonyl (C=O) groups is 1. The maximum atomic E-state index is 12.1. The van der Waals surface area contributed by atoms with E-state index in [1.54, 1.807) is 0 Å². The second kappa shape index (κ2) is 5.46. The van der Waals surface area contributed by atoms with Crippen molar-refractivity contribution in [3.05, 3.63) is 46.1 Å². The molecule has 0 bridgehead atoms. The maximum absolute atomic E-state index is 12.1. The SMILES string of the molecule is Cc1nc(C)c(NC(=O)NC2c3ccccc3CC2O)s1. The summed E-state index contributed by atoms with van der Waals surface area (Å²) in [4.78, 5) is 16.4. The molecule has 110 valence electrons. The molecule has 0 fully saturated rings. The highest BCUT2D eigenvalue weighted by atomic mass is 32.1. The number of hydrogen-bond donors (Lipinski definition) is 3. The van der Waals surface area contributed by atoms with Crippen molar-refractivity contribution in [3.63, 3.8) is 0 Å². The summed E-state index contributed by atoms with van der Waals surface area (Å²) >= 11 is 1.44. The molecule has 3 rings (SSSR count). The Bertz CT molecular complexity index is 683. The number of aromatic nitrogens is 1. The van der Waals surface area contributed by atoms with E-state index in [4.69, 9.17) is 0 Å². The number of carbonyl (C=O) groups excluding carboxylic acids is 1. The quantitative estimate of drug-likeness (QED) is 0.798. The monoisotopic (exact) mass is 303 g/mol. The molecule has 2 aromatic rings. The molecule has 1 heterocycles. The average Bonchev–Trinajstić information content (AvgIpc) is 2.90. The topological polar surface area (TPSA) is 74.2 Å². The number of nitrogens with zero attached hydrogens (tertiary/aromatic N) is 1. The molecule has 2 atom stereocenters. The predicted molar refractivity (Wildman–Crippen MR) is 82.6 cm³/mol. The molecule has 2 unspecified atom stereocenters. The van der Waals surface area contributed by atoms with Crippen molar-refractivity contribution in [2.45, 2.75) is 32.4 Å². The normalized spacial score (nSPS) is 20.1. The molecule has 0 saturated heterocycles. The van der Waals surface area contributed by atoms with Crippen LogP contribution in [0.15, 0.2) is 24.3 Å². The first-order chi connectivity index (χ1) is 10.0. The Kier molecular flexibility index (Phi) is 3.65. The Labute approximate surface area is 127 Å². The summed E-state index contributed by atoms with van der Waals surface area (Å²) < 4.78 is 0. The molecule has 1 aliphatic carbocycles. The molecular formula is C15H17N3O2S. The van der Waals surface area contributed by atoms with Gasteiger partial charge in [0.25, 0.3) is 0 Å². The third-order valence-electron chi connectivity index (χ3n) is 3.62. The van der Waals surface area contributed by atoms with E-state index in [0.29, 0.717) is 6.42 Å². The molecule has 6 heteroatoms. The largest absolute Gasteiger partial charge is 0.390 e. The first-order valence-corrected chi connectivity index (χ1v) is 7.63. The summed E-state index contributed by atoms with van der Waals surface area (Å²) in [6.07, 6.45) is -0.0164. The molecule has 21 heavy (non-hydrogen) atoms. The van der Waals surface area contributed by atoms with Gasteiger partial charge in [-0.1, -0.05) is 24.3 Å². The van der Waals surface area contributed by atoms with E-state index in [0.717, 1.165) is 26.8 Å². The van der Waals surface area contributed by atoms with Gasteiger partial charge < -0.3 is 10.4 Å². The third-order valence-corrected chi connectivity index (χ3v) is 4.61. The minimum absolute atomic E-state index is 0.317. The molecule has 2 amide bonds. The van der Waals surface area contributed by atoms with Crippen molar-refractivity contribution in [1.82, 2.24) is 10.3 Å². The molecule has 0 spiro atoms. The number of amides is 2.